The van der Waals surface area contributed by atoms with E-state index < -0.39 is 0 Å². The molecule has 0 spiro atoms. The standard InChI is InChI=1S/C19H23N3O3/c1-21-8-2-4-15(21)16-5-3-9-22(16)12-19(23)20-11-14-6-7-17-18(10-14)25-13-24-17/h2,4,6-8,10,16H,3,5,9,11-13H2,1H3,(H,20,23)/t16-/m0/s1. The SMILES string of the molecule is Cn1cccc1[C@@H]1CCCN1CC(=O)NCc1ccc2c(c1)OCO2. The maximum Gasteiger partial charge on any atom is 0.234 e. The third kappa shape index (κ3) is 3.35. The molecule has 2 aliphatic heterocycles. The van der Waals surface area contributed by atoms with E-state index >= 15 is 0 Å². The zero-order valence-corrected chi connectivity index (χ0v) is 14.4. The van der Waals surface area contributed by atoms with Gasteiger partial charge < -0.3 is 19.4 Å². The maximum atomic E-state index is 12.4. The molecular formula is C19H23N3O3. The van der Waals surface area contributed by atoms with Crippen molar-refractivity contribution in [1.82, 2.24) is 14.8 Å². The van der Waals surface area contributed by atoms with Crippen molar-refractivity contribution in [3.63, 3.8) is 0 Å². The van der Waals surface area contributed by atoms with Crippen molar-refractivity contribution in [1.29, 1.82) is 0 Å². The number of carbonyl (C=O) groups excluding carboxylic acids is 1. The van der Waals surface area contributed by atoms with Crippen LogP contribution in [0.1, 0.15) is 30.1 Å². The lowest BCUT2D eigenvalue weighted by molar-refractivity contribution is -0.122. The van der Waals surface area contributed by atoms with E-state index in [4.69, 9.17) is 9.47 Å². The lowest BCUT2D eigenvalue weighted by Gasteiger charge is -2.24. The number of benzene rings is 1. The minimum atomic E-state index is 0.0544. The first-order valence-electron chi connectivity index (χ1n) is 8.71. The van der Waals surface area contributed by atoms with Crippen LogP contribution in [0.3, 0.4) is 0 Å². The van der Waals surface area contributed by atoms with Gasteiger partial charge in [-0.3, -0.25) is 9.69 Å². The van der Waals surface area contributed by atoms with Gasteiger partial charge in [-0.1, -0.05) is 6.07 Å². The Hall–Kier alpha value is -2.47. The summed E-state index contributed by atoms with van der Waals surface area (Å²) in [5.74, 6) is 1.56. The lowest BCUT2D eigenvalue weighted by atomic mass is 10.1. The van der Waals surface area contributed by atoms with Crippen molar-refractivity contribution >= 4 is 5.91 Å². The molecule has 1 N–H and O–H groups in total. The Morgan fingerprint density at radius 1 is 1.28 bits per heavy atom. The monoisotopic (exact) mass is 341 g/mol. The fourth-order valence-corrected chi connectivity index (χ4v) is 3.66. The topological polar surface area (TPSA) is 55.7 Å². The number of likely N-dealkylation sites (tertiary alicyclic amines) is 1. The first-order chi connectivity index (χ1) is 12.2. The lowest BCUT2D eigenvalue weighted by Crippen LogP contribution is -2.37. The number of aryl methyl sites for hydroxylation is 1. The summed E-state index contributed by atoms with van der Waals surface area (Å²) < 4.78 is 12.8. The highest BCUT2D eigenvalue weighted by Gasteiger charge is 2.28. The molecule has 2 aliphatic rings. The van der Waals surface area contributed by atoms with E-state index in [1.807, 2.05) is 18.2 Å². The molecule has 1 atom stereocenters. The van der Waals surface area contributed by atoms with Gasteiger partial charge in [0.1, 0.15) is 0 Å². The van der Waals surface area contributed by atoms with Crippen molar-refractivity contribution in [2.45, 2.75) is 25.4 Å². The number of fused-ring (bicyclic) bond motifs is 1. The minimum absolute atomic E-state index is 0.0544. The average molecular weight is 341 g/mol. The van der Waals surface area contributed by atoms with Gasteiger partial charge in [-0.2, -0.15) is 0 Å². The van der Waals surface area contributed by atoms with E-state index in [2.05, 4.69) is 40.2 Å². The molecule has 132 valence electrons. The second kappa shape index (κ2) is 6.80. The molecule has 1 aromatic carbocycles. The number of carbonyl (C=O) groups is 1. The van der Waals surface area contributed by atoms with Crippen molar-refractivity contribution < 1.29 is 14.3 Å². The predicted octanol–water partition coefficient (Wildman–Crippen LogP) is 2.21. The summed E-state index contributed by atoms with van der Waals surface area (Å²) in [5, 5.41) is 3.01. The quantitative estimate of drug-likeness (QED) is 0.906. The van der Waals surface area contributed by atoms with Crippen molar-refractivity contribution in [3.8, 4) is 11.5 Å². The molecule has 0 aliphatic carbocycles. The summed E-state index contributed by atoms with van der Waals surface area (Å²) in [6, 6.07) is 10.3. The highest BCUT2D eigenvalue weighted by Crippen LogP contribution is 2.33. The molecule has 2 aromatic rings. The van der Waals surface area contributed by atoms with Crippen molar-refractivity contribution in [2.75, 3.05) is 19.9 Å². The third-order valence-corrected chi connectivity index (χ3v) is 4.96. The van der Waals surface area contributed by atoms with Gasteiger partial charge in [-0.25, -0.2) is 0 Å². The zero-order chi connectivity index (χ0) is 17.2. The fraction of sp³-hybridized carbons (Fsp3) is 0.421. The number of amides is 1. The third-order valence-electron chi connectivity index (χ3n) is 4.96. The Bertz CT molecular complexity index is 771. The molecule has 0 unspecified atom stereocenters. The van der Waals surface area contributed by atoms with E-state index in [0.29, 0.717) is 19.1 Å². The van der Waals surface area contributed by atoms with Crippen LogP contribution in [-0.2, 0) is 18.4 Å². The molecule has 3 heterocycles. The Kier molecular flexibility index (Phi) is 4.36. The van der Waals surface area contributed by atoms with Gasteiger partial charge in [0.15, 0.2) is 11.5 Å². The molecular weight excluding hydrogens is 318 g/mol. The molecule has 4 rings (SSSR count). The van der Waals surface area contributed by atoms with E-state index in [-0.39, 0.29) is 12.7 Å². The number of aromatic nitrogens is 1. The van der Waals surface area contributed by atoms with Gasteiger partial charge in [0, 0.05) is 25.5 Å². The highest BCUT2D eigenvalue weighted by molar-refractivity contribution is 5.78. The molecule has 1 fully saturated rings. The molecule has 1 saturated heterocycles. The van der Waals surface area contributed by atoms with E-state index in [1.54, 1.807) is 0 Å². The second-order valence-corrected chi connectivity index (χ2v) is 6.64. The van der Waals surface area contributed by atoms with Gasteiger partial charge in [-0.05, 0) is 49.2 Å². The molecule has 0 saturated carbocycles. The number of nitrogens with one attached hydrogen (secondary N) is 1. The fourth-order valence-electron chi connectivity index (χ4n) is 3.66. The highest BCUT2D eigenvalue weighted by atomic mass is 16.7. The number of hydrogen-bond acceptors (Lipinski definition) is 4. The molecule has 25 heavy (non-hydrogen) atoms. The Morgan fingerprint density at radius 2 is 2.16 bits per heavy atom. The Balaban J connectivity index is 1.33. The van der Waals surface area contributed by atoms with Gasteiger partial charge in [0.05, 0.1) is 12.6 Å². The Labute approximate surface area is 147 Å². The Morgan fingerprint density at radius 3 is 3.00 bits per heavy atom. The van der Waals surface area contributed by atoms with Crippen LogP contribution in [0.25, 0.3) is 0 Å². The van der Waals surface area contributed by atoms with Crippen LogP contribution >= 0.6 is 0 Å². The molecule has 6 heteroatoms. The number of hydrogen-bond donors (Lipinski definition) is 1. The predicted molar refractivity (Wildman–Crippen MR) is 93.4 cm³/mol. The van der Waals surface area contributed by atoms with Crippen LogP contribution in [0.5, 0.6) is 11.5 Å². The molecule has 6 nitrogen and oxygen atoms in total. The van der Waals surface area contributed by atoms with Crippen LogP contribution in [0.15, 0.2) is 36.5 Å². The van der Waals surface area contributed by atoms with Crippen molar-refractivity contribution in [2.24, 2.45) is 7.05 Å². The number of nitrogens with zero attached hydrogens (tertiary/aromatic N) is 2. The summed E-state index contributed by atoms with van der Waals surface area (Å²) >= 11 is 0. The average Bonchev–Trinajstić information content (AvgIpc) is 3.33. The van der Waals surface area contributed by atoms with Gasteiger partial charge in [-0.15, -0.1) is 0 Å². The largest absolute Gasteiger partial charge is 0.454 e. The van der Waals surface area contributed by atoms with E-state index in [0.717, 1.165) is 36.4 Å². The second-order valence-electron chi connectivity index (χ2n) is 6.64. The summed E-state index contributed by atoms with van der Waals surface area (Å²) in [6.45, 7) is 2.16. The van der Waals surface area contributed by atoms with Crippen LogP contribution in [0.2, 0.25) is 0 Å². The minimum Gasteiger partial charge on any atom is -0.454 e. The first-order valence-corrected chi connectivity index (χ1v) is 8.71. The molecule has 1 aromatic heterocycles. The molecule has 0 bridgehead atoms. The molecule has 0 radical (unpaired) electrons. The molecule has 1 amide bonds. The summed E-state index contributed by atoms with van der Waals surface area (Å²) in [7, 11) is 2.06. The number of rotatable bonds is 5. The summed E-state index contributed by atoms with van der Waals surface area (Å²) in [6.07, 6.45) is 4.30. The smallest absolute Gasteiger partial charge is 0.234 e. The normalized spacial score (nSPS) is 19.3. The van der Waals surface area contributed by atoms with Crippen LogP contribution in [0, 0.1) is 0 Å². The van der Waals surface area contributed by atoms with Gasteiger partial charge in [0.2, 0.25) is 12.7 Å². The summed E-state index contributed by atoms with van der Waals surface area (Å²) in [5.41, 5.74) is 2.29. The van der Waals surface area contributed by atoms with Crippen molar-refractivity contribution in [3.05, 3.63) is 47.8 Å². The van der Waals surface area contributed by atoms with E-state index in [9.17, 15) is 4.79 Å². The van der Waals surface area contributed by atoms with Gasteiger partial charge in [0.25, 0.3) is 0 Å². The number of ether oxygens (including phenoxy) is 2. The van der Waals surface area contributed by atoms with Gasteiger partial charge >= 0.3 is 0 Å². The maximum absolute atomic E-state index is 12.4. The van der Waals surface area contributed by atoms with Crippen LogP contribution in [0.4, 0.5) is 0 Å². The van der Waals surface area contributed by atoms with E-state index in [1.165, 1.54) is 5.69 Å². The summed E-state index contributed by atoms with van der Waals surface area (Å²) in [4.78, 5) is 14.7. The van der Waals surface area contributed by atoms with Crippen LogP contribution in [-0.4, -0.2) is 35.3 Å². The zero-order valence-electron chi connectivity index (χ0n) is 14.4. The first kappa shape index (κ1) is 16.0. The van der Waals surface area contributed by atoms with Crippen LogP contribution < -0.4 is 14.8 Å².